The van der Waals surface area contributed by atoms with Gasteiger partial charge in [0.05, 0.1) is 31.1 Å². The average Bonchev–Trinajstić information content (AvgIpc) is 3.39. The van der Waals surface area contributed by atoms with Gasteiger partial charge in [0.25, 0.3) is 5.91 Å². The number of amides is 1. The predicted molar refractivity (Wildman–Crippen MR) is 113 cm³/mol. The van der Waals surface area contributed by atoms with Crippen LogP contribution in [-0.2, 0) is 13.1 Å². The minimum atomic E-state index is 0.144. The molecule has 1 aliphatic rings. The van der Waals surface area contributed by atoms with Crippen LogP contribution in [0.1, 0.15) is 22.2 Å². The summed E-state index contributed by atoms with van der Waals surface area (Å²) in [6.07, 6.45) is 1.02. The van der Waals surface area contributed by atoms with Gasteiger partial charge in [-0.1, -0.05) is 37.3 Å². The lowest BCUT2D eigenvalue weighted by molar-refractivity contribution is -0.927. The zero-order valence-electron chi connectivity index (χ0n) is 15.9. The first-order chi connectivity index (χ1) is 13.6. The second kappa shape index (κ2) is 8.38. The summed E-state index contributed by atoms with van der Waals surface area (Å²) in [6, 6.07) is 12.2. The molecule has 146 valence electrons. The van der Waals surface area contributed by atoms with Crippen molar-refractivity contribution in [1.82, 2.24) is 19.7 Å². The Bertz CT molecular complexity index is 983. The quantitative estimate of drug-likeness (QED) is 0.630. The maximum Gasteiger partial charge on any atom is 0.264 e. The summed E-state index contributed by atoms with van der Waals surface area (Å²) in [5.41, 5.74) is 2.35. The third kappa shape index (κ3) is 4.09. The van der Waals surface area contributed by atoms with Crippen molar-refractivity contribution in [2.75, 3.05) is 26.2 Å². The molecule has 0 radical (unpaired) electrons. The molecule has 0 aliphatic carbocycles. The molecule has 0 saturated carbocycles. The van der Waals surface area contributed by atoms with Crippen molar-refractivity contribution in [2.24, 2.45) is 0 Å². The lowest BCUT2D eigenvalue weighted by Gasteiger charge is -2.31. The zero-order chi connectivity index (χ0) is 19.5. The Morgan fingerprint density at radius 2 is 2.00 bits per heavy atom. The fraction of sp³-hybridized carbons (Fsp3) is 0.350. The summed E-state index contributed by atoms with van der Waals surface area (Å²) in [4.78, 5) is 21.2. The highest BCUT2D eigenvalue weighted by Crippen LogP contribution is 2.16. The summed E-state index contributed by atoms with van der Waals surface area (Å²) in [6.45, 7) is 6.21. The van der Waals surface area contributed by atoms with E-state index in [1.54, 1.807) is 0 Å². The molecule has 0 spiro atoms. The number of rotatable bonds is 5. The number of carbonyl (C=O) groups is 1. The Balaban J connectivity index is 1.38. The molecule has 2 N–H and O–H groups in total. The van der Waals surface area contributed by atoms with Crippen LogP contribution in [0.5, 0.6) is 0 Å². The molecule has 3 heterocycles. The fourth-order valence-electron chi connectivity index (χ4n) is 3.46. The zero-order valence-corrected chi connectivity index (χ0v) is 17.5. The second-order valence-electron chi connectivity index (χ2n) is 7.01. The number of aromatic nitrogens is 3. The second-order valence-corrected chi connectivity index (χ2v) is 8.32. The van der Waals surface area contributed by atoms with Crippen molar-refractivity contribution in [3.8, 4) is 11.4 Å². The largest absolute Gasteiger partial charge is 0.327 e. The maximum atomic E-state index is 12.5. The number of H-pyrrole nitrogens is 1. The van der Waals surface area contributed by atoms with Crippen molar-refractivity contribution >= 4 is 29.5 Å². The summed E-state index contributed by atoms with van der Waals surface area (Å²) in [5, 5.41) is 5.29. The number of hydrogen-bond donors (Lipinski definition) is 2. The normalized spacial score (nSPS) is 15.1. The van der Waals surface area contributed by atoms with Crippen molar-refractivity contribution in [3.05, 3.63) is 57.0 Å². The number of aromatic amines is 1. The first-order valence-electron chi connectivity index (χ1n) is 9.56. The monoisotopic (exact) mass is 414 g/mol. The van der Waals surface area contributed by atoms with Crippen LogP contribution in [0.4, 0.5) is 0 Å². The standard InChI is InChI=1S/C20H23N5OS2/c1-2-15-5-7-16(8-6-15)18-21-20(27)25(22-18)14-23-9-11-24(12-10-23)19(26)17-4-3-13-28-17/h3-8,13H,2,9-12,14H2,1H3,(H,21,22,27)/p+1. The lowest BCUT2D eigenvalue weighted by atomic mass is 10.1. The molecule has 4 rings (SSSR count). The molecule has 0 atom stereocenters. The van der Waals surface area contributed by atoms with Crippen molar-refractivity contribution < 1.29 is 9.69 Å². The summed E-state index contributed by atoms with van der Waals surface area (Å²) < 4.78 is 2.50. The van der Waals surface area contributed by atoms with E-state index in [9.17, 15) is 4.79 Å². The molecule has 1 saturated heterocycles. The molecule has 1 fully saturated rings. The SMILES string of the molecule is CCc1ccc(-c2nc(=S)n(C[NH+]3CCN(C(=O)c4cccs4)CC3)[nH]2)cc1. The lowest BCUT2D eigenvalue weighted by Crippen LogP contribution is -3.14. The summed E-state index contributed by atoms with van der Waals surface area (Å²) >= 11 is 6.96. The highest BCUT2D eigenvalue weighted by atomic mass is 32.1. The number of carbonyl (C=O) groups excluding carboxylic acids is 1. The number of nitrogens with zero attached hydrogens (tertiary/aromatic N) is 3. The van der Waals surface area contributed by atoms with Crippen LogP contribution >= 0.6 is 23.6 Å². The Morgan fingerprint density at radius 1 is 1.25 bits per heavy atom. The highest BCUT2D eigenvalue weighted by Gasteiger charge is 2.25. The van der Waals surface area contributed by atoms with Crippen LogP contribution < -0.4 is 4.90 Å². The molecule has 0 bridgehead atoms. The molecule has 8 heteroatoms. The van der Waals surface area contributed by atoms with E-state index >= 15 is 0 Å². The average molecular weight is 415 g/mol. The van der Waals surface area contributed by atoms with Gasteiger partial charge in [-0.3, -0.25) is 9.89 Å². The molecule has 28 heavy (non-hydrogen) atoms. The van der Waals surface area contributed by atoms with Gasteiger partial charge in [-0.2, -0.15) is 4.98 Å². The Hall–Kier alpha value is -2.29. The van der Waals surface area contributed by atoms with Crippen molar-refractivity contribution in [3.63, 3.8) is 0 Å². The first kappa shape index (κ1) is 19.0. The first-order valence-corrected chi connectivity index (χ1v) is 10.9. The van der Waals surface area contributed by atoms with Gasteiger partial charge in [0.1, 0.15) is 0 Å². The molecule has 0 unspecified atom stereocenters. The molecule has 1 aromatic carbocycles. The maximum absolute atomic E-state index is 12.5. The van der Waals surface area contributed by atoms with Gasteiger partial charge < -0.3 is 9.80 Å². The van der Waals surface area contributed by atoms with E-state index in [1.807, 2.05) is 27.1 Å². The van der Waals surface area contributed by atoms with Gasteiger partial charge in [-0.25, -0.2) is 4.68 Å². The molecule has 3 aromatic rings. The fourth-order valence-corrected chi connectivity index (χ4v) is 4.35. The van der Waals surface area contributed by atoms with Crippen LogP contribution in [0.2, 0.25) is 0 Å². The van der Waals surface area contributed by atoms with Crippen LogP contribution in [-0.4, -0.2) is 51.8 Å². The van der Waals surface area contributed by atoms with E-state index in [0.29, 0.717) is 4.77 Å². The van der Waals surface area contributed by atoms with Gasteiger partial charge in [0.2, 0.25) is 4.77 Å². The number of benzene rings is 1. The molecular formula is C20H24N5OS2+. The predicted octanol–water partition coefficient (Wildman–Crippen LogP) is 2.23. The molecular weight excluding hydrogens is 390 g/mol. The van der Waals surface area contributed by atoms with Crippen LogP contribution in [0.25, 0.3) is 11.4 Å². The number of nitrogens with one attached hydrogen (secondary N) is 2. The number of aryl methyl sites for hydroxylation is 1. The van der Waals surface area contributed by atoms with Crippen molar-refractivity contribution in [2.45, 2.75) is 20.0 Å². The molecule has 2 aromatic heterocycles. The van der Waals surface area contributed by atoms with Gasteiger partial charge in [0, 0.05) is 5.56 Å². The van der Waals surface area contributed by atoms with Gasteiger partial charge in [-0.05, 0) is 35.6 Å². The number of quaternary nitrogens is 1. The van der Waals surface area contributed by atoms with Crippen LogP contribution in [0, 0.1) is 4.77 Å². The minimum absolute atomic E-state index is 0.144. The molecule has 1 amide bonds. The Labute approximate surface area is 173 Å². The number of thiophene rings is 1. The van der Waals surface area contributed by atoms with E-state index in [2.05, 4.69) is 41.3 Å². The van der Waals surface area contributed by atoms with E-state index in [1.165, 1.54) is 21.8 Å². The molecule has 6 nitrogen and oxygen atoms in total. The van der Waals surface area contributed by atoms with Crippen LogP contribution in [0.3, 0.4) is 0 Å². The summed E-state index contributed by atoms with van der Waals surface area (Å²) in [5.74, 6) is 0.948. The van der Waals surface area contributed by atoms with Gasteiger partial charge in [-0.15, -0.1) is 11.3 Å². The van der Waals surface area contributed by atoms with Crippen LogP contribution in [0.15, 0.2) is 41.8 Å². The van der Waals surface area contributed by atoms with E-state index in [-0.39, 0.29) is 5.91 Å². The Morgan fingerprint density at radius 3 is 2.64 bits per heavy atom. The van der Waals surface area contributed by atoms with E-state index in [0.717, 1.165) is 55.5 Å². The third-order valence-corrected chi connectivity index (χ3v) is 6.36. The Kier molecular flexibility index (Phi) is 5.70. The van der Waals surface area contributed by atoms with Gasteiger partial charge in [0.15, 0.2) is 12.5 Å². The minimum Gasteiger partial charge on any atom is -0.327 e. The number of hydrogen-bond acceptors (Lipinski definition) is 4. The number of piperazine rings is 1. The topological polar surface area (TPSA) is 58.4 Å². The highest BCUT2D eigenvalue weighted by molar-refractivity contribution is 7.71. The smallest absolute Gasteiger partial charge is 0.264 e. The van der Waals surface area contributed by atoms with Gasteiger partial charge >= 0.3 is 0 Å². The van der Waals surface area contributed by atoms with E-state index in [4.69, 9.17) is 12.2 Å². The van der Waals surface area contributed by atoms with Crippen molar-refractivity contribution in [1.29, 1.82) is 0 Å². The molecule has 1 aliphatic heterocycles. The third-order valence-electron chi connectivity index (χ3n) is 5.19. The summed E-state index contributed by atoms with van der Waals surface area (Å²) in [7, 11) is 0. The van der Waals surface area contributed by atoms with E-state index < -0.39 is 0 Å².